The summed E-state index contributed by atoms with van der Waals surface area (Å²) in [6.45, 7) is 0. The van der Waals surface area contributed by atoms with Gasteiger partial charge < -0.3 is 0 Å². The maximum atomic E-state index is 11.6. The van der Waals surface area contributed by atoms with Gasteiger partial charge in [0.05, 0.1) is 0 Å². The lowest BCUT2D eigenvalue weighted by atomic mass is 10.1. The van der Waals surface area contributed by atoms with Crippen molar-refractivity contribution in [1.29, 1.82) is 0 Å². The van der Waals surface area contributed by atoms with E-state index in [0.717, 1.165) is 12.3 Å². The highest BCUT2D eigenvalue weighted by molar-refractivity contribution is 4.80. The molecule has 0 aromatic heterocycles. The SMILES string of the molecule is FC(F)(F)CCC[CH]CC1CC1. The summed E-state index contributed by atoms with van der Waals surface area (Å²) >= 11 is 0. The summed E-state index contributed by atoms with van der Waals surface area (Å²) in [7, 11) is 0. The van der Waals surface area contributed by atoms with Crippen molar-refractivity contribution in [3.8, 4) is 0 Å². The van der Waals surface area contributed by atoms with Crippen molar-refractivity contribution in [2.45, 2.75) is 44.7 Å². The first-order valence-corrected chi connectivity index (χ1v) is 4.46. The molecule has 1 aliphatic carbocycles. The molecule has 0 nitrogen and oxygen atoms in total. The van der Waals surface area contributed by atoms with Crippen molar-refractivity contribution in [2.75, 3.05) is 0 Å². The predicted octanol–water partition coefficient (Wildman–Crippen LogP) is 3.72. The Kier molecular flexibility index (Phi) is 3.41. The van der Waals surface area contributed by atoms with E-state index in [1.54, 1.807) is 0 Å². The Labute approximate surface area is 71.1 Å². The number of hydrogen-bond donors (Lipinski definition) is 0. The minimum absolute atomic E-state index is 0.260. The molecule has 1 fully saturated rings. The van der Waals surface area contributed by atoms with Gasteiger partial charge in [0.2, 0.25) is 0 Å². The molecule has 1 radical (unpaired) electrons. The van der Waals surface area contributed by atoms with Crippen LogP contribution in [0.4, 0.5) is 13.2 Å². The van der Waals surface area contributed by atoms with Crippen molar-refractivity contribution in [3.63, 3.8) is 0 Å². The zero-order valence-corrected chi connectivity index (χ0v) is 7.03. The van der Waals surface area contributed by atoms with Crippen LogP contribution < -0.4 is 0 Å². The molecule has 0 saturated heterocycles. The molecule has 0 amide bonds. The van der Waals surface area contributed by atoms with Gasteiger partial charge in [0.15, 0.2) is 0 Å². The Bertz CT molecular complexity index is 124. The highest BCUT2D eigenvalue weighted by Crippen LogP contribution is 2.34. The summed E-state index contributed by atoms with van der Waals surface area (Å²) in [6.07, 6.45) is 1.86. The quantitative estimate of drug-likeness (QED) is 0.564. The van der Waals surface area contributed by atoms with E-state index in [1.165, 1.54) is 12.8 Å². The average molecular weight is 179 g/mol. The van der Waals surface area contributed by atoms with Crippen LogP contribution in [0.2, 0.25) is 0 Å². The molecule has 0 atom stereocenters. The van der Waals surface area contributed by atoms with E-state index in [4.69, 9.17) is 0 Å². The topological polar surface area (TPSA) is 0 Å². The summed E-state index contributed by atoms with van der Waals surface area (Å²) in [5, 5.41) is 0. The Hall–Kier alpha value is -0.210. The van der Waals surface area contributed by atoms with Gasteiger partial charge in [-0.25, -0.2) is 0 Å². The molecule has 1 aliphatic rings. The summed E-state index contributed by atoms with van der Waals surface area (Å²) < 4.78 is 34.9. The second-order valence-corrected chi connectivity index (χ2v) is 3.48. The van der Waals surface area contributed by atoms with Crippen molar-refractivity contribution >= 4 is 0 Å². The summed E-state index contributed by atoms with van der Waals surface area (Å²) in [5.74, 6) is 0.802. The zero-order valence-electron chi connectivity index (χ0n) is 7.03. The van der Waals surface area contributed by atoms with Gasteiger partial charge in [-0.2, -0.15) is 13.2 Å². The van der Waals surface area contributed by atoms with Gasteiger partial charge in [0.25, 0.3) is 0 Å². The minimum Gasteiger partial charge on any atom is -0.171 e. The molecule has 0 spiro atoms. The maximum absolute atomic E-state index is 11.6. The largest absolute Gasteiger partial charge is 0.389 e. The van der Waals surface area contributed by atoms with Crippen molar-refractivity contribution in [1.82, 2.24) is 0 Å². The number of rotatable bonds is 5. The van der Waals surface area contributed by atoms with Crippen LogP contribution in [0.25, 0.3) is 0 Å². The second kappa shape index (κ2) is 4.15. The Balaban J connectivity index is 1.82. The third kappa shape index (κ3) is 5.44. The molecule has 0 aromatic rings. The number of halogens is 3. The third-order valence-corrected chi connectivity index (χ3v) is 2.07. The third-order valence-electron chi connectivity index (χ3n) is 2.07. The Morgan fingerprint density at radius 3 is 2.42 bits per heavy atom. The fraction of sp³-hybridized carbons (Fsp3) is 0.889. The van der Waals surface area contributed by atoms with E-state index in [-0.39, 0.29) is 6.42 Å². The molecule has 0 heterocycles. The highest BCUT2D eigenvalue weighted by atomic mass is 19.4. The molecular formula is C9H14F3. The monoisotopic (exact) mass is 179 g/mol. The van der Waals surface area contributed by atoms with Crippen LogP contribution in [0.15, 0.2) is 0 Å². The molecule has 3 heteroatoms. The predicted molar refractivity (Wildman–Crippen MR) is 41.5 cm³/mol. The standard InChI is InChI=1S/C9H14F3/c10-9(11,12)7-3-1-2-4-8-5-6-8/h2,8H,1,3-7H2. The molecule has 0 N–H and O–H groups in total. The van der Waals surface area contributed by atoms with Gasteiger partial charge in [0.1, 0.15) is 0 Å². The van der Waals surface area contributed by atoms with Crippen LogP contribution in [-0.2, 0) is 0 Å². The normalized spacial score (nSPS) is 18.2. The van der Waals surface area contributed by atoms with E-state index in [0.29, 0.717) is 6.42 Å². The lowest BCUT2D eigenvalue weighted by Gasteiger charge is -2.04. The van der Waals surface area contributed by atoms with Gasteiger partial charge in [-0.1, -0.05) is 12.8 Å². The molecule has 1 saturated carbocycles. The maximum Gasteiger partial charge on any atom is 0.389 e. The van der Waals surface area contributed by atoms with Crippen LogP contribution in [0.3, 0.4) is 0 Å². The summed E-state index contributed by atoms with van der Waals surface area (Å²) in [4.78, 5) is 0. The van der Waals surface area contributed by atoms with Crippen LogP contribution in [0, 0.1) is 12.3 Å². The second-order valence-electron chi connectivity index (χ2n) is 3.48. The Morgan fingerprint density at radius 2 is 1.92 bits per heavy atom. The van der Waals surface area contributed by atoms with E-state index in [1.807, 2.05) is 6.42 Å². The molecule has 0 unspecified atom stereocenters. The first-order chi connectivity index (χ1) is 5.58. The van der Waals surface area contributed by atoms with Crippen molar-refractivity contribution in [3.05, 3.63) is 6.42 Å². The molecular weight excluding hydrogens is 165 g/mol. The number of alkyl halides is 3. The smallest absolute Gasteiger partial charge is 0.171 e. The van der Waals surface area contributed by atoms with Gasteiger partial charge in [-0.3, -0.25) is 0 Å². The molecule has 12 heavy (non-hydrogen) atoms. The van der Waals surface area contributed by atoms with E-state index >= 15 is 0 Å². The van der Waals surface area contributed by atoms with Crippen molar-refractivity contribution in [2.24, 2.45) is 5.92 Å². The fourth-order valence-corrected chi connectivity index (χ4v) is 1.15. The van der Waals surface area contributed by atoms with Gasteiger partial charge in [-0.15, -0.1) is 0 Å². The van der Waals surface area contributed by atoms with E-state index in [9.17, 15) is 13.2 Å². The number of hydrogen-bond acceptors (Lipinski definition) is 0. The highest BCUT2D eigenvalue weighted by Gasteiger charge is 2.26. The molecule has 0 bridgehead atoms. The van der Waals surface area contributed by atoms with E-state index < -0.39 is 12.6 Å². The van der Waals surface area contributed by atoms with Gasteiger partial charge >= 0.3 is 6.18 Å². The van der Waals surface area contributed by atoms with Crippen LogP contribution >= 0.6 is 0 Å². The fourth-order valence-electron chi connectivity index (χ4n) is 1.15. The first kappa shape index (κ1) is 9.87. The Morgan fingerprint density at radius 1 is 1.25 bits per heavy atom. The van der Waals surface area contributed by atoms with Crippen LogP contribution in [0.1, 0.15) is 38.5 Å². The lowest BCUT2D eigenvalue weighted by Crippen LogP contribution is -2.06. The number of unbranched alkanes of at least 4 members (excludes halogenated alkanes) is 2. The minimum atomic E-state index is -3.96. The molecule has 1 rings (SSSR count). The molecule has 0 aliphatic heterocycles. The molecule has 0 aromatic carbocycles. The molecule has 71 valence electrons. The summed E-state index contributed by atoms with van der Waals surface area (Å²) in [5.41, 5.74) is 0. The lowest BCUT2D eigenvalue weighted by molar-refractivity contribution is -0.135. The first-order valence-electron chi connectivity index (χ1n) is 4.46. The zero-order chi connectivity index (χ0) is 9.03. The van der Waals surface area contributed by atoms with Crippen LogP contribution in [0.5, 0.6) is 0 Å². The van der Waals surface area contributed by atoms with Crippen molar-refractivity contribution < 1.29 is 13.2 Å². The van der Waals surface area contributed by atoms with Gasteiger partial charge in [0, 0.05) is 6.42 Å². The summed E-state index contributed by atoms with van der Waals surface area (Å²) in [6, 6.07) is 0. The average Bonchev–Trinajstić information content (AvgIpc) is 2.68. The van der Waals surface area contributed by atoms with E-state index in [2.05, 4.69) is 0 Å². The van der Waals surface area contributed by atoms with Gasteiger partial charge in [-0.05, 0) is 31.6 Å². The van der Waals surface area contributed by atoms with Crippen LogP contribution in [-0.4, -0.2) is 6.18 Å².